The van der Waals surface area contributed by atoms with Gasteiger partial charge in [-0.25, -0.2) is 4.98 Å². The Labute approximate surface area is 154 Å². The van der Waals surface area contributed by atoms with Crippen LogP contribution < -0.4 is 5.32 Å². The second-order valence-electron chi connectivity index (χ2n) is 6.10. The molecule has 0 bridgehead atoms. The van der Waals surface area contributed by atoms with Crippen LogP contribution in [0.5, 0.6) is 0 Å². The summed E-state index contributed by atoms with van der Waals surface area (Å²) >= 11 is 7.51. The highest BCUT2D eigenvalue weighted by Crippen LogP contribution is 2.35. The molecule has 0 amide bonds. The lowest BCUT2D eigenvalue weighted by Gasteiger charge is -2.30. The Kier molecular flexibility index (Phi) is 4.56. The van der Waals surface area contributed by atoms with E-state index in [1.54, 1.807) is 11.3 Å². The predicted octanol–water partition coefficient (Wildman–Crippen LogP) is 3.40. The van der Waals surface area contributed by atoms with E-state index in [-0.39, 0.29) is 6.04 Å². The summed E-state index contributed by atoms with van der Waals surface area (Å²) in [7, 11) is 2.08. The van der Waals surface area contributed by atoms with Gasteiger partial charge in [0.15, 0.2) is 5.82 Å². The number of nitrogens with zero attached hydrogens (tertiary/aromatic N) is 4. The van der Waals surface area contributed by atoms with E-state index in [0.29, 0.717) is 16.7 Å². The third-order valence-corrected chi connectivity index (χ3v) is 5.78. The minimum Gasteiger partial charge on any atom is -0.333 e. The Balaban J connectivity index is 1.63. The molecule has 8 heteroatoms. The topological polar surface area (TPSA) is 67.1 Å². The van der Waals surface area contributed by atoms with Gasteiger partial charge < -0.3 is 9.84 Å². The SMILES string of the molecule is Cc1nc(-c2ccc(Cl)cc2)sc1-c1nc(C2CNCCN2C)no1. The van der Waals surface area contributed by atoms with Crippen LogP contribution in [-0.4, -0.2) is 46.7 Å². The maximum atomic E-state index is 5.96. The molecule has 25 heavy (non-hydrogen) atoms. The van der Waals surface area contributed by atoms with Crippen LogP contribution in [0.1, 0.15) is 17.6 Å². The van der Waals surface area contributed by atoms with Gasteiger partial charge in [-0.05, 0) is 26.1 Å². The predicted molar refractivity (Wildman–Crippen MR) is 98.8 cm³/mol. The van der Waals surface area contributed by atoms with E-state index in [1.807, 2.05) is 31.2 Å². The van der Waals surface area contributed by atoms with Crippen molar-refractivity contribution in [2.45, 2.75) is 13.0 Å². The highest BCUT2D eigenvalue weighted by Gasteiger charge is 2.26. The zero-order chi connectivity index (χ0) is 17.4. The molecule has 1 fully saturated rings. The average Bonchev–Trinajstić information content (AvgIpc) is 3.23. The number of hydrogen-bond donors (Lipinski definition) is 1. The maximum absolute atomic E-state index is 5.96. The lowest BCUT2D eigenvalue weighted by Crippen LogP contribution is -2.44. The number of piperazine rings is 1. The first-order valence-corrected chi connectivity index (χ1v) is 9.29. The average molecular weight is 376 g/mol. The molecule has 1 atom stereocenters. The van der Waals surface area contributed by atoms with Gasteiger partial charge in [-0.15, -0.1) is 11.3 Å². The molecule has 1 aliphatic rings. The third kappa shape index (κ3) is 3.32. The van der Waals surface area contributed by atoms with Crippen molar-refractivity contribution in [1.29, 1.82) is 0 Å². The molecule has 1 unspecified atom stereocenters. The number of rotatable bonds is 3. The van der Waals surface area contributed by atoms with Crippen molar-refractivity contribution in [3.63, 3.8) is 0 Å². The molecule has 1 N–H and O–H groups in total. The normalized spacial score (nSPS) is 18.6. The monoisotopic (exact) mass is 375 g/mol. The van der Waals surface area contributed by atoms with Crippen LogP contribution in [0.4, 0.5) is 0 Å². The third-order valence-electron chi connectivity index (χ3n) is 4.33. The first-order valence-electron chi connectivity index (χ1n) is 8.10. The Morgan fingerprint density at radius 1 is 1.28 bits per heavy atom. The Bertz CT molecular complexity index is 876. The molecule has 130 valence electrons. The molecule has 1 aliphatic heterocycles. The van der Waals surface area contributed by atoms with E-state index in [0.717, 1.165) is 40.8 Å². The lowest BCUT2D eigenvalue weighted by atomic mass is 10.2. The molecule has 1 saturated heterocycles. The van der Waals surface area contributed by atoms with Gasteiger partial charge >= 0.3 is 0 Å². The number of aryl methyl sites for hydroxylation is 1. The van der Waals surface area contributed by atoms with Crippen LogP contribution in [0.25, 0.3) is 21.3 Å². The van der Waals surface area contributed by atoms with Gasteiger partial charge in [-0.1, -0.05) is 28.9 Å². The second-order valence-corrected chi connectivity index (χ2v) is 7.53. The van der Waals surface area contributed by atoms with Crippen molar-refractivity contribution in [2.75, 3.05) is 26.7 Å². The van der Waals surface area contributed by atoms with E-state index < -0.39 is 0 Å². The Morgan fingerprint density at radius 3 is 2.84 bits per heavy atom. The summed E-state index contributed by atoms with van der Waals surface area (Å²) in [6, 6.07) is 7.79. The van der Waals surface area contributed by atoms with Crippen molar-refractivity contribution in [3.8, 4) is 21.3 Å². The molecule has 0 spiro atoms. The fraction of sp³-hybridized carbons (Fsp3) is 0.353. The molecule has 0 radical (unpaired) electrons. The summed E-state index contributed by atoms with van der Waals surface area (Å²) in [5.74, 6) is 1.25. The zero-order valence-corrected chi connectivity index (χ0v) is 15.6. The lowest BCUT2D eigenvalue weighted by molar-refractivity contribution is 0.190. The highest BCUT2D eigenvalue weighted by atomic mass is 35.5. The number of nitrogens with one attached hydrogen (secondary N) is 1. The fourth-order valence-corrected chi connectivity index (χ4v) is 3.99. The van der Waals surface area contributed by atoms with Crippen molar-refractivity contribution in [1.82, 2.24) is 25.3 Å². The van der Waals surface area contributed by atoms with Gasteiger partial charge in [0, 0.05) is 30.2 Å². The van der Waals surface area contributed by atoms with Crippen molar-refractivity contribution < 1.29 is 4.52 Å². The van der Waals surface area contributed by atoms with Crippen molar-refractivity contribution >= 4 is 22.9 Å². The van der Waals surface area contributed by atoms with Gasteiger partial charge in [0.1, 0.15) is 9.88 Å². The van der Waals surface area contributed by atoms with E-state index >= 15 is 0 Å². The van der Waals surface area contributed by atoms with Crippen LogP contribution in [-0.2, 0) is 0 Å². The minimum atomic E-state index is 0.134. The van der Waals surface area contributed by atoms with Crippen molar-refractivity contribution in [3.05, 3.63) is 40.8 Å². The summed E-state index contributed by atoms with van der Waals surface area (Å²) < 4.78 is 5.54. The maximum Gasteiger partial charge on any atom is 0.269 e. The zero-order valence-electron chi connectivity index (χ0n) is 14.0. The first kappa shape index (κ1) is 16.7. The molecule has 1 aromatic carbocycles. The molecule has 0 saturated carbocycles. The minimum absolute atomic E-state index is 0.134. The first-order chi connectivity index (χ1) is 12.1. The number of likely N-dealkylation sites (N-methyl/N-ethyl adjacent to an activating group) is 1. The molecule has 2 aromatic heterocycles. The fourth-order valence-electron chi connectivity index (χ4n) is 2.87. The number of thiazole rings is 1. The Hall–Kier alpha value is -1.80. The molecule has 3 aromatic rings. The Morgan fingerprint density at radius 2 is 2.08 bits per heavy atom. The van der Waals surface area contributed by atoms with Gasteiger partial charge in [0.2, 0.25) is 0 Å². The van der Waals surface area contributed by atoms with Crippen LogP contribution in [0.15, 0.2) is 28.8 Å². The van der Waals surface area contributed by atoms with E-state index in [9.17, 15) is 0 Å². The molecule has 6 nitrogen and oxygen atoms in total. The number of halogens is 1. The quantitative estimate of drug-likeness (QED) is 0.756. The van der Waals surface area contributed by atoms with Crippen LogP contribution in [0, 0.1) is 6.92 Å². The molecular formula is C17H18ClN5OS. The second kappa shape index (κ2) is 6.84. The largest absolute Gasteiger partial charge is 0.333 e. The van der Waals surface area contributed by atoms with Gasteiger partial charge in [-0.3, -0.25) is 4.90 Å². The van der Waals surface area contributed by atoms with E-state index in [1.165, 1.54) is 0 Å². The van der Waals surface area contributed by atoms with Crippen LogP contribution in [0.3, 0.4) is 0 Å². The standard InChI is InChI=1S/C17H18ClN5OS/c1-10-14(25-17(20-10)11-3-5-12(18)6-4-11)16-21-15(22-24-16)13-9-19-7-8-23(13)2/h3-6,13,19H,7-9H2,1-2H3. The van der Waals surface area contributed by atoms with E-state index in [2.05, 4.69) is 32.4 Å². The smallest absolute Gasteiger partial charge is 0.269 e. The van der Waals surface area contributed by atoms with Gasteiger partial charge in [0.05, 0.1) is 11.7 Å². The summed E-state index contributed by atoms with van der Waals surface area (Å²) in [5, 5.41) is 9.19. The van der Waals surface area contributed by atoms with Gasteiger partial charge in [0.25, 0.3) is 5.89 Å². The number of hydrogen-bond acceptors (Lipinski definition) is 7. The van der Waals surface area contributed by atoms with Crippen LogP contribution in [0.2, 0.25) is 5.02 Å². The number of aromatic nitrogens is 3. The van der Waals surface area contributed by atoms with Gasteiger partial charge in [-0.2, -0.15) is 4.98 Å². The molecule has 0 aliphatic carbocycles. The molecular weight excluding hydrogens is 358 g/mol. The summed E-state index contributed by atoms with van der Waals surface area (Å²) in [5.41, 5.74) is 1.92. The highest BCUT2D eigenvalue weighted by molar-refractivity contribution is 7.18. The summed E-state index contributed by atoms with van der Waals surface area (Å²) in [4.78, 5) is 12.4. The van der Waals surface area contributed by atoms with E-state index in [4.69, 9.17) is 16.1 Å². The molecule has 4 rings (SSSR count). The van der Waals surface area contributed by atoms with Crippen LogP contribution >= 0.6 is 22.9 Å². The summed E-state index contributed by atoms with van der Waals surface area (Å²) in [6.45, 7) is 4.74. The van der Waals surface area contributed by atoms with Crippen molar-refractivity contribution in [2.24, 2.45) is 0 Å². The molecule has 3 heterocycles. The number of benzene rings is 1. The summed E-state index contributed by atoms with van der Waals surface area (Å²) in [6.07, 6.45) is 0.